The van der Waals surface area contributed by atoms with Gasteiger partial charge in [-0.05, 0) is 19.1 Å². The lowest BCUT2D eigenvalue weighted by Gasteiger charge is -2.38. The molecule has 3 aromatic rings. The van der Waals surface area contributed by atoms with Gasteiger partial charge in [-0.1, -0.05) is 0 Å². The number of aliphatic hydroxyl groups is 3. The average molecular weight is 464 g/mol. The Kier molecular flexibility index (Phi) is 5.46. The average Bonchev–Trinajstić information content (AvgIpc) is 2.76. The van der Waals surface area contributed by atoms with E-state index in [1.54, 1.807) is 0 Å². The molecule has 0 bridgehead atoms. The summed E-state index contributed by atoms with van der Waals surface area (Å²) in [5, 5.41) is 79.0. The van der Waals surface area contributed by atoms with Crippen LogP contribution in [0.15, 0.2) is 33.5 Å². The number of rotatable bonds is 3. The summed E-state index contributed by atoms with van der Waals surface area (Å²) in [5.41, 5.74) is -1.49. The summed E-state index contributed by atoms with van der Waals surface area (Å²) in [6.07, 6.45) is -6.89. The standard InChI is InChI=1S/C21H20O12/c1-6-14(25)17(28)19(30)21(31-6)32-8-4-9(22)13-12(5-8)33-20(18(29)16(13)27)7-2-10(23)15(26)11(24)3-7/h2-6,14,17,19,21-26,28-30H,1H3/t6-,14?,17+,19+,21?/m0/s1. The van der Waals surface area contributed by atoms with Gasteiger partial charge in [0.25, 0.3) is 0 Å². The molecule has 2 unspecified atom stereocenters. The molecule has 2 aromatic carbocycles. The van der Waals surface area contributed by atoms with Crippen LogP contribution in [-0.4, -0.2) is 71.6 Å². The fraction of sp³-hybridized carbons (Fsp3) is 0.286. The van der Waals surface area contributed by atoms with E-state index in [4.69, 9.17) is 13.9 Å². The van der Waals surface area contributed by atoms with Crippen LogP contribution in [0.5, 0.6) is 34.5 Å². The van der Waals surface area contributed by atoms with E-state index in [2.05, 4.69) is 0 Å². The van der Waals surface area contributed by atoms with E-state index >= 15 is 0 Å². The largest absolute Gasteiger partial charge is 0.507 e. The van der Waals surface area contributed by atoms with Crippen LogP contribution >= 0.6 is 0 Å². The molecule has 176 valence electrons. The third kappa shape index (κ3) is 3.74. The number of hydrogen-bond donors (Lipinski definition) is 8. The maximum atomic E-state index is 12.6. The lowest BCUT2D eigenvalue weighted by Crippen LogP contribution is -2.58. The highest BCUT2D eigenvalue weighted by molar-refractivity contribution is 5.88. The molecule has 5 atom stereocenters. The molecule has 12 nitrogen and oxygen atoms in total. The van der Waals surface area contributed by atoms with Crippen LogP contribution in [0.1, 0.15) is 6.92 Å². The van der Waals surface area contributed by atoms with Gasteiger partial charge in [0.05, 0.1) is 6.10 Å². The van der Waals surface area contributed by atoms with E-state index in [1.807, 2.05) is 0 Å². The number of phenolic OH excluding ortho intramolecular Hbond substituents is 4. The molecular formula is C21H20O12. The highest BCUT2D eigenvalue weighted by atomic mass is 16.7. The second-order valence-corrected chi connectivity index (χ2v) is 7.59. The summed E-state index contributed by atoms with van der Waals surface area (Å²) in [5.74, 6) is -4.54. The molecule has 33 heavy (non-hydrogen) atoms. The molecule has 1 aliphatic heterocycles. The first kappa shape index (κ1) is 22.5. The molecule has 4 rings (SSSR count). The van der Waals surface area contributed by atoms with Crippen LogP contribution in [0.4, 0.5) is 0 Å². The van der Waals surface area contributed by atoms with E-state index in [-0.39, 0.29) is 16.9 Å². The van der Waals surface area contributed by atoms with Crippen molar-refractivity contribution in [1.82, 2.24) is 0 Å². The van der Waals surface area contributed by atoms with Gasteiger partial charge in [0.15, 0.2) is 23.0 Å². The molecule has 1 fully saturated rings. The smallest absolute Gasteiger partial charge is 0.238 e. The first-order valence-electron chi connectivity index (χ1n) is 9.64. The number of hydrogen-bond acceptors (Lipinski definition) is 12. The van der Waals surface area contributed by atoms with E-state index in [0.29, 0.717) is 0 Å². The van der Waals surface area contributed by atoms with E-state index in [1.165, 1.54) is 6.92 Å². The van der Waals surface area contributed by atoms with E-state index in [0.717, 1.165) is 24.3 Å². The topological polar surface area (TPSA) is 211 Å². The van der Waals surface area contributed by atoms with Gasteiger partial charge in [0, 0.05) is 17.7 Å². The number of aliphatic hydroxyl groups excluding tert-OH is 3. The maximum Gasteiger partial charge on any atom is 0.238 e. The zero-order valence-electron chi connectivity index (χ0n) is 16.9. The molecular weight excluding hydrogens is 444 g/mol. The van der Waals surface area contributed by atoms with Crippen molar-refractivity contribution >= 4 is 11.0 Å². The highest BCUT2D eigenvalue weighted by Gasteiger charge is 2.43. The lowest BCUT2D eigenvalue weighted by molar-refractivity contribution is -0.268. The van der Waals surface area contributed by atoms with Gasteiger partial charge in [-0.3, -0.25) is 4.79 Å². The van der Waals surface area contributed by atoms with Crippen molar-refractivity contribution in [3.8, 4) is 45.8 Å². The predicted molar refractivity (Wildman–Crippen MR) is 109 cm³/mol. The number of aromatic hydroxyl groups is 5. The summed E-state index contributed by atoms with van der Waals surface area (Å²) in [6.45, 7) is 1.45. The number of fused-ring (bicyclic) bond motifs is 1. The fourth-order valence-corrected chi connectivity index (χ4v) is 3.51. The molecule has 12 heteroatoms. The summed E-state index contributed by atoms with van der Waals surface area (Å²) in [7, 11) is 0. The third-order valence-electron chi connectivity index (χ3n) is 5.32. The highest BCUT2D eigenvalue weighted by Crippen LogP contribution is 2.42. The number of phenols is 4. The van der Waals surface area contributed by atoms with Crippen molar-refractivity contribution in [2.45, 2.75) is 37.6 Å². The SMILES string of the molecule is C[C@@H]1OC(Oc2cc(O)c3c(=O)c(O)c(-c4cc(O)c(O)c(O)c4)oc3c2)[C@H](O)[C@H](O)C1O. The second kappa shape index (κ2) is 8.01. The summed E-state index contributed by atoms with van der Waals surface area (Å²) in [4.78, 5) is 12.6. The van der Waals surface area contributed by atoms with E-state index < -0.39 is 76.0 Å². The molecule has 0 spiro atoms. The van der Waals surface area contributed by atoms with Crippen LogP contribution in [-0.2, 0) is 4.74 Å². The van der Waals surface area contributed by atoms with Crippen LogP contribution in [0.25, 0.3) is 22.3 Å². The molecule has 1 aromatic heterocycles. The quantitative estimate of drug-likeness (QED) is 0.244. The first-order valence-corrected chi connectivity index (χ1v) is 9.64. The van der Waals surface area contributed by atoms with Crippen molar-refractivity contribution < 1.29 is 54.7 Å². The Morgan fingerprint density at radius 3 is 2.09 bits per heavy atom. The van der Waals surface area contributed by atoms with Crippen molar-refractivity contribution in [3.05, 3.63) is 34.5 Å². The number of benzene rings is 2. The Hall–Kier alpha value is -3.71. The lowest BCUT2D eigenvalue weighted by atomic mass is 10.00. The second-order valence-electron chi connectivity index (χ2n) is 7.59. The maximum absolute atomic E-state index is 12.6. The van der Waals surface area contributed by atoms with Gasteiger partial charge in [0.1, 0.15) is 40.8 Å². The van der Waals surface area contributed by atoms with Crippen LogP contribution in [0, 0.1) is 0 Å². The molecule has 0 amide bonds. The van der Waals surface area contributed by atoms with Crippen LogP contribution in [0.3, 0.4) is 0 Å². The minimum absolute atomic E-state index is 0.156. The van der Waals surface area contributed by atoms with Crippen LogP contribution in [0.2, 0.25) is 0 Å². The Morgan fingerprint density at radius 1 is 0.818 bits per heavy atom. The van der Waals surface area contributed by atoms with Gasteiger partial charge in [-0.15, -0.1) is 0 Å². The summed E-state index contributed by atoms with van der Waals surface area (Å²) >= 11 is 0. The molecule has 0 saturated carbocycles. The van der Waals surface area contributed by atoms with Gasteiger partial charge in [0.2, 0.25) is 17.5 Å². The number of ether oxygens (including phenoxy) is 2. The Morgan fingerprint density at radius 2 is 1.45 bits per heavy atom. The molecule has 1 aliphatic rings. The Balaban J connectivity index is 1.80. The molecule has 8 N–H and O–H groups in total. The van der Waals surface area contributed by atoms with Gasteiger partial charge < -0.3 is 54.7 Å². The monoisotopic (exact) mass is 464 g/mol. The van der Waals surface area contributed by atoms with Crippen molar-refractivity contribution in [2.75, 3.05) is 0 Å². The normalized spacial score (nSPS) is 25.3. The zero-order valence-corrected chi connectivity index (χ0v) is 16.9. The molecule has 0 radical (unpaired) electrons. The Bertz CT molecular complexity index is 1260. The minimum atomic E-state index is -1.64. The molecule has 2 heterocycles. The Labute approximate surface area is 184 Å². The summed E-state index contributed by atoms with van der Waals surface area (Å²) < 4.78 is 16.3. The van der Waals surface area contributed by atoms with Gasteiger partial charge in [-0.2, -0.15) is 0 Å². The first-order chi connectivity index (χ1) is 15.5. The third-order valence-corrected chi connectivity index (χ3v) is 5.32. The zero-order chi connectivity index (χ0) is 24.2. The van der Waals surface area contributed by atoms with Gasteiger partial charge >= 0.3 is 0 Å². The molecule has 1 saturated heterocycles. The van der Waals surface area contributed by atoms with Crippen molar-refractivity contribution in [1.29, 1.82) is 0 Å². The fourth-order valence-electron chi connectivity index (χ4n) is 3.51. The van der Waals surface area contributed by atoms with E-state index in [9.17, 15) is 45.6 Å². The minimum Gasteiger partial charge on any atom is -0.507 e. The molecule has 0 aliphatic carbocycles. The van der Waals surface area contributed by atoms with Crippen molar-refractivity contribution in [2.24, 2.45) is 0 Å². The van der Waals surface area contributed by atoms with Gasteiger partial charge in [-0.25, -0.2) is 0 Å². The van der Waals surface area contributed by atoms with Crippen molar-refractivity contribution in [3.63, 3.8) is 0 Å². The van der Waals surface area contributed by atoms with Crippen LogP contribution < -0.4 is 10.2 Å². The summed E-state index contributed by atoms with van der Waals surface area (Å²) in [6, 6.07) is 3.99. The predicted octanol–water partition coefficient (Wildman–Crippen LogP) is 0.194.